The highest BCUT2D eigenvalue weighted by Gasteiger charge is 2.46. The number of nitrogens with one attached hydrogen (secondary N) is 1. The van der Waals surface area contributed by atoms with Crippen molar-refractivity contribution in [2.75, 3.05) is 5.73 Å². The zero-order valence-electron chi connectivity index (χ0n) is 20.6. The average molecular weight is 503 g/mol. The predicted molar refractivity (Wildman–Crippen MR) is 134 cm³/mol. The number of nitrogen functional groups attached to an aromatic ring is 1. The maximum atomic E-state index is 13.9. The molecule has 2 saturated heterocycles. The summed E-state index contributed by atoms with van der Waals surface area (Å²) in [7, 11) is 0. The van der Waals surface area contributed by atoms with E-state index in [-0.39, 0.29) is 29.6 Å². The average Bonchev–Trinajstić information content (AvgIpc) is 3.62. The van der Waals surface area contributed by atoms with Crippen molar-refractivity contribution < 1.29 is 14.0 Å². The van der Waals surface area contributed by atoms with Crippen LogP contribution in [0.25, 0.3) is 28.3 Å². The van der Waals surface area contributed by atoms with Crippen LogP contribution in [-0.4, -0.2) is 64.4 Å². The van der Waals surface area contributed by atoms with Crippen LogP contribution in [0.15, 0.2) is 36.9 Å². The second kappa shape index (κ2) is 8.75. The van der Waals surface area contributed by atoms with E-state index in [1.165, 1.54) is 18.4 Å². The SMILES string of the molecule is CC(=O)c1c(C2C[C@H]3CC[C@@H](C2)N3C(=O)C(C)F)nc2c(-c3ccc(-c4ncc[nH]4)nc3)cnn2c1N. The van der Waals surface area contributed by atoms with Crippen molar-refractivity contribution in [3.05, 3.63) is 48.2 Å². The Kier molecular flexibility index (Phi) is 5.50. The molecule has 6 heterocycles. The Bertz CT molecular complexity index is 1480. The number of H-pyrrole nitrogens is 1. The lowest BCUT2D eigenvalue weighted by Gasteiger charge is -2.39. The molecule has 11 heteroatoms. The van der Waals surface area contributed by atoms with Gasteiger partial charge in [-0.25, -0.2) is 14.4 Å². The Labute approximate surface area is 212 Å². The number of pyridine rings is 1. The lowest BCUT2D eigenvalue weighted by molar-refractivity contribution is -0.140. The van der Waals surface area contributed by atoms with Gasteiger partial charge in [0.1, 0.15) is 11.5 Å². The standard InChI is InChI=1S/C26H27FN8O2/c1-13(27)26(37)34-17-4-5-18(34)10-16(9-17)22-21(14(2)36)23(28)35-25(33-22)19(12-32-35)15-3-6-20(31-11-15)24-29-7-8-30-24/h3,6-8,11-13,16-18H,4-5,9-10,28H2,1-2H3,(H,29,30)/t13?,16?,17-,18+. The van der Waals surface area contributed by atoms with Gasteiger partial charge in [0.05, 0.1) is 17.5 Å². The van der Waals surface area contributed by atoms with Gasteiger partial charge in [0.15, 0.2) is 23.4 Å². The summed E-state index contributed by atoms with van der Waals surface area (Å²) in [6.45, 7) is 2.76. The van der Waals surface area contributed by atoms with Crippen molar-refractivity contribution in [3.63, 3.8) is 0 Å². The Morgan fingerprint density at radius 1 is 1.16 bits per heavy atom. The van der Waals surface area contributed by atoms with Crippen molar-refractivity contribution in [2.24, 2.45) is 0 Å². The van der Waals surface area contributed by atoms with Gasteiger partial charge in [0, 0.05) is 47.7 Å². The second-order valence-corrected chi connectivity index (χ2v) is 9.89. The van der Waals surface area contributed by atoms with Crippen LogP contribution in [-0.2, 0) is 4.79 Å². The first-order valence-corrected chi connectivity index (χ1v) is 12.4. The highest BCUT2D eigenvalue weighted by Crippen LogP contribution is 2.45. The molecular weight excluding hydrogens is 475 g/mol. The molecule has 4 atom stereocenters. The van der Waals surface area contributed by atoms with Gasteiger partial charge in [0.25, 0.3) is 5.91 Å². The molecule has 0 spiro atoms. The first-order valence-electron chi connectivity index (χ1n) is 12.4. The summed E-state index contributed by atoms with van der Waals surface area (Å²) in [6, 6.07) is 3.63. The molecule has 0 aliphatic carbocycles. The van der Waals surface area contributed by atoms with Gasteiger partial charge in [0.2, 0.25) is 0 Å². The summed E-state index contributed by atoms with van der Waals surface area (Å²) in [5.74, 6) is 0.187. The molecule has 1 amide bonds. The van der Waals surface area contributed by atoms with Crippen molar-refractivity contribution in [2.45, 2.75) is 63.7 Å². The quantitative estimate of drug-likeness (QED) is 0.398. The van der Waals surface area contributed by atoms with E-state index in [1.54, 1.807) is 29.7 Å². The molecule has 2 aliphatic heterocycles. The number of nitrogens with zero attached hydrogens (tertiary/aromatic N) is 6. The first kappa shape index (κ1) is 23.3. The Balaban J connectivity index is 1.41. The fraction of sp³-hybridized carbons (Fsp3) is 0.385. The van der Waals surface area contributed by atoms with Gasteiger partial charge in [-0.3, -0.25) is 14.6 Å². The molecule has 0 radical (unpaired) electrons. The van der Waals surface area contributed by atoms with Crippen LogP contribution >= 0.6 is 0 Å². The second-order valence-electron chi connectivity index (χ2n) is 9.89. The van der Waals surface area contributed by atoms with E-state index in [1.807, 2.05) is 12.1 Å². The van der Waals surface area contributed by atoms with Crippen LogP contribution in [0.2, 0.25) is 0 Å². The number of alkyl halides is 1. The van der Waals surface area contributed by atoms with Gasteiger partial charge in [-0.05, 0) is 45.6 Å². The number of Topliss-reactive ketones (excluding diaryl/α,β-unsaturated/α-hetero) is 1. The van der Waals surface area contributed by atoms with Gasteiger partial charge in [-0.15, -0.1) is 0 Å². The monoisotopic (exact) mass is 502 g/mol. The third-order valence-electron chi connectivity index (χ3n) is 7.59. The zero-order chi connectivity index (χ0) is 25.8. The molecule has 6 rings (SSSR count). The number of piperidine rings is 1. The van der Waals surface area contributed by atoms with Gasteiger partial charge in [-0.2, -0.15) is 9.61 Å². The topological polar surface area (TPSA) is 135 Å². The Morgan fingerprint density at radius 3 is 2.51 bits per heavy atom. The lowest BCUT2D eigenvalue weighted by atomic mass is 9.85. The Morgan fingerprint density at radius 2 is 1.92 bits per heavy atom. The van der Waals surface area contributed by atoms with Crippen molar-refractivity contribution in [1.82, 2.24) is 34.4 Å². The number of carbonyl (C=O) groups excluding carboxylic acids is 2. The normalized spacial score (nSPS) is 21.9. The van der Waals surface area contributed by atoms with Crippen LogP contribution in [0.1, 0.15) is 61.5 Å². The van der Waals surface area contributed by atoms with Gasteiger partial charge in [-0.1, -0.05) is 6.07 Å². The molecule has 190 valence electrons. The first-order chi connectivity index (χ1) is 17.8. The summed E-state index contributed by atoms with van der Waals surface area (Å²) >= 11 is 0. The zero-order valence-corrected chi connectivity index (χ0v) is 20.6. The molecule has 37 heavy (non-hydrogen) atoms. The van der Waals surface area contributed by atoms with Crippen LogP contribution in [0.3, 0.4) is 0 Å². The summed E-state index contributed by atoms with van der Waals surface area (Å²) in [6.07, 6.45) is 8.14. The minimum absolute atomic E-state index is 0.0729. The minimum atomic E-state index is -1.53. The number of hydrogen-bond donors (Lipinski definition) is 2. The number of hydrogen-bond acceptors (Lipinski definition) is 7. The van der Waals surface area contributed by atoms with Crippen molar-refractivity contribution in [3.8, 4) is 22.6 Å². The van der Waals surface area contributed by atoms with E-state index in [2.05, 4.69) is 20.1 Å². The van der Waals surface area contributed by atoms with E-state index >= 15 is 0 Å². The summed E-state index contributed by atoms with van der Waals surface area (Å²) in [4.78, 5) is 43.7. The molecule has 3 N–H and O–H groups in total. The van der Waals surface area contributed by atoms with Crippen molar-refractivity contribution in [1.29, 1.82) is 0 Å². The number of carbonyl (C=O) groups is 2. The highest BCUT2D eigenvalue weighted by atomic mass is 19.1. The largest absolute Gasteiger partial charge is 0.383 e. The third-order valence-corrected chi connectivity index (χ3v) is 7.59. The molecule has 4 aromatic heterocycles. The molecule has 2 unspecified atom stereocenters. The number of nitrogens with two attached hydrogens (primary N) is 1. The smallest absolute Gasteiger partial charge is 0.257 e. The molecule has 0 saturated carbocycles. The number of aromatic nitrogens is 6. The predicted octanol–water partition coefficient (Wildman–Crippen LogP) is 3.56. The van der Waals surface area contributed by atoms with Crippen LogP contribution in [0.4, 0.5) is 10.2 Å². The third kappa shape index (κ3) is 3.76. The van der Waals surface area contributed by atoms with Crippen molar-refractivity contribution >= 4 is 23.2 Å². The van der Waals surface area contributed by atoms with Gasteiger partial charge >= 0.3 is 0 Å². The summed E-state index contributed by atoms with van der Waals surface area (Å²) < 4.78 is 15.4. The maximum Gasteiger partial charge on any atom is 0.257 e. The van der Waals surface area contributed by atoms with Crippen LogP contribution in [0.5, 0.6) is 0 Å². The van der Waals surface area contributed by atoms with Crippen LogP contribution < -0.4 is 5.73 Å². The molecule has 0 aromatic carbocycles. The van der Waals surface area contributed by atoms with E-state index in [4.69, 9.17) is 10.7 Å². The lowest BCUT2D eigenvalue weighted by Crippen LogP contribution is -2.48. The molecular formula is C26H27FN8O2. The molecule has 4 aromatic rings. The van der Waals surface area contributed by atoms with Gasteiger partial charge < -0.3 is 15.6 Å². The number of imidazole rings is 1. The van der Waals surface area contributed by atoms with E-state index in [0.717, 1.165) is 24.0 Å². The maximum absolute atomic E-state index is 13.9. The van der Waals surface area contributed by atoms with E-state index in [0.29, 0.717) is 41.3 Å². The van der Waals surface area contributed by atoms with Crippen LogP contribution in [0, 0.1) is 0 Å². The summed E-state index contributed by atoms with van der Waals surface area (Å²) in [5, 5.41) is 4.43. The molecule has 10 nitrogen and oxygen atoms in total. The summed E-state index contributed by atoms with van der Waals surface area (Å²) in [5.41, 5.74) is 10.3. The number of fused-ring (bicyclic) bond motifs is 3. The number of ketones is 1. The van der Waals surface area contributed by atoms with E-state index < -0.39 is 12.1 Å². The number of aromatic amines is 1. The van der Waals surface area contributed by atoms with E-state index in [9.17, 15) is 14.0 Å². The molecule has 2 aliphatic rings. The number of rotatable bonds is 5. The number of halogens is 1. The fourth-order valence-electron chi connectivity index (χ4n) is 5.96. The molecule has 2 fully saturated rings. The number of amides is 1. The Hall–Kier alpha value is -4.15. The fourth-order valence-corrected chi connectivity index (χ4v) is 5.96. The number of anilines is 1. The molecule has 2 bridgehead atoms. The highest BCUT2D eigenvalue weighted by molar-refractivity contribution is 6.00. The minimum Gasteiger partial charge on any atom is -0.383 e.